The van der Waals surface area contributed by atoms with Gasteiger partial charge in [-0.05, 0) is 12.1 Å². The molecule has 0 fully saturated rings. The number of amides is 1. The van der Waals surface area contributed by atoms with Crippen molar-refractivity contribution in [2.75, 3.05) is 11.4 Å². The minimum Gasteiger partial charge on any atom is -0.322 e. The Labute approximate surface area is 84.3 Å². The summed E-state index contributed by atoms with van der Waals surface area (Å²) < 4.78 is 37.5. The molecule has 0 aliphatic carbocycles. The van der Waals surface area contributed by atoms with Gasteiger partial charge in [-0.15, -0.1) is 13.2 Å². The largest absolute Gasteiger partial charge is 0.491 e. The van der Waals surface area contributed by atoms with Gasteiger partial charge in [-0.3, -0.25) is 4.79 Å². The van der Waals surface area contributed by atoms with E-state index in [2.05, 4.69) is 0 Å². The first kappa shape index (κ1) is 11.5. The van der Waals surface area contributed by atoms with Crippen LogP contribution in [-0.2, 0) is 4.79 Å². The van der Waals surface area contributed by atoms with Gasteiger partial charge in [-0.2, -0.15) is 0 Å². The maximum absolute atomic E-state index is 12.5. The van der Waals surface area contributed by atoms with Crippen molar-refractivity contribution in [3.63, 3.8) is 0 Å². The van der Waals surface area contributed by atoms with Gasteiger partial charge in [0.15, 0.2) is 0 Å². The molecule has 0 atom stereocenters. The summed E-state index contributed by atoms with van der Waals surface area (Å²) in [6.45, 7) is -0.686. The third-order valence-corrected chi connectivity index (χ3v) is 1.69. The van der Waals surface area contributed by atoms with E-state index in [1.165, 1.54) is 24.3 Å². The van der Waals surface area contributed by atoms with Crippen LogP contribution in [0.3, 0.4) is 0 Å². The summed E-state index contributed by atoms with van der Waals surface area (Å²) in [5.74, 6) is -1.19. The molecule has 0 bridgehead atoms. The second-order valence-electron chi connectivity index (χ2n) is 2.74. The smallest absolute Gasteiger partial charge is 0.322 e. The van der Waals surface area contributed by atoms with Crippen LogP contribution in [0.25, 0.3) is 0 Å². The van der Waals surface area contributed by atoms with Gasteiger partial charge in [0.2, 0.25) is 5.91 Å². The second-order valence-corrected chi connectivity index (χ2v) is 2.74. The highest BCUT2D eigenvalue weighted by Crippen LogP contribution is 2.27. The minimum absolute atomic E-state index is 0.236. The van der Waals surface area contributed by atoms with Crippen molar-refractivity contribution in [1.82, 2.24) is 0 Å². The lowest BCUT2D eigenvalue weighted by Gasteiger charge is -2.24. The number of rotatable bonds is 2. The summed E-state index contributed by atoms with van der Waals surface area (Å²) in [7, 11) is 0. The molecular formula is C9H9F3N2O. The lowest BCUT2D eigenvalue weighted by Crippen LogP contribution is -2.46. The van der Waals surface area contributed by atoms with Crippen LogP contribution in [-0.4, -0.2) is 18.8 Å². The molecule has 1 aromatic rings. The molecule has 6 heteroatoms. The minimum atomic E-state index is -4.75. The summed E-state index contributed by atoms with van der Waals surface area (Å²) in [6, 6.07) is 6.78. The average Bonchev–Trinajstić information content (AvgIpc) is 2.17. The third kappa shape index (κ3) is 2.69. The summed E-state index contributed by atoms with van der Waals surface area (Å²) in [6.07, 6.45) is -4.75. The molecule has 0 aromatic heterocycles. The van der Waals surface area contributed by atoms with Crippen molar-refractivity contribution in [2.45, 2.75) is 6.30 Å². The van der Waals surface area contributed by atoms with Gasteiger partial charge in [0, 0.05) is 0 Å². The van der Waals surface area contributed by atoms with Crippen molar-refractivity contribution in [2.24, 2.45) is 5.73 Å². The summed E-state index contributed by atoms with van der Waals surface area (Å²) in [5, 5.41) is 0. The van der Waals surface area contributed by atoms with Gasteiger partial charge in [0.1, 0.15) is 0 Å². The van der Waals surface area contributed by atoms with E-state index >= 15 is 0 Å². The molecule has 3 nitrogen and oxygen atoms in total. The summed E-state index contributed by atoms with van der Waals surface area (Å²) in [5.41, 5.74) is 4.68. The van der Waals surface area contributed by atoms with E-state index in [-0.39, 0.29) is 10.6 Å². The number of halogens is 3. The molecule has 1 aromatic carbocycles. The van der Waals surface area contributed by atoms with E-state index in [0.717, 1.165) is 0 Å². The van der Waals surface area contributed by atoms with Crippen LogP contribution >= 0.6 is 0 Å². The Bertz CT molecular complexity index is 337. The molecule has 1 amide bonds. The third-order valence-electron chi connectivity index (χ3n) is 1.69. The monoisotopic (exact) mass is 218 g/mol. The number of anilines is 1. The molecule has 0 aliphatic heterocycles. The Morgan fingerprint density at radius 1 is 1.27 bits per heavy atom. The predicted octanol–water partition coefficient (Wildman–Crippen LogP) is 1.50. The molecule has 0 spiro atoms. The second kappa shape index (κ2) is 4.31. The number of hydrogen-bond acceptors (Lipinski definition) is 2. The standard InChI is InChI=1S/C9H9F3N2O/c10-9(11,12)14(8(15)6-13)7-4-2-1-3-5-7/h1-5H,6,13H2. The molecule has 0 saturated heterocycles. The van der Waals surface area contributed by atoms with Crippen LogP contribution in [0.5, 0.6) is 0 Å². The lowest BCUT2D eigenvalue weighted by atomic mass is 10.3. The zero-order valence-corrected chi connectivity index (χ0v) is 7.66. The fourth-order valence-electron chi connectivity index (χ4n) is 1.10. The predicted molar refractivity (Wildman–Crippen MR) is 49.0 cm³/mol. The molecule has 0 heterocycles. The molecule has 15 heavy (non-hydrogen) atoms. The normalized spacial score (nSPS) is 11.2. The van der Waals surface area contributed by atoms with Crippen LogP contribution in [0.1, 0.15) is 0 Å². The highest BCUT2D eigenvalue weighted by atomic mass is 19.4. The number of carbonyl (C=O) groups is 1. The van der Waals surface area contributed by atoms with Crippen molar-refractivity contribution in [3.05, 3.63) is 30.3 Å². The van der Waals surface area contributed by atoms with Gasteiger partial charge >= 0.3 is 6.30 Å². The maximum atomic E-state index is 12.5. The lowest BCUT2D eigenvalue weighted by molar-refractivity contribution is -0.149. The Morgan fingerprint density at radius 2 is 1.80 bits per heavy atom. The summed E-state index contributed by atoms with van der Waals surface area (Å²) >= 11 is 0. The van der Waals surface area contributed by atoms with Gasteiger partial charge in [0.05, 0.1) is 12.2 Å². The fraction of sp³-hybridized carbons (Fsp3) is 0.222. The number of nitrogens with zero attached hydrogens (tertiary/aromatic N) is 1. The maximum Gasteiger partial charge on any atom is 0.491 e. The first-order valence-corrected chi connectivity index (χ1v) is 4.11. The average molecular weight is 218 g/mol. The van der Waals surface area contributed by atoms with Crippen molar-refractivity contribution in [3.8, 4) is 0 Å². The Morgan fingerprint density at radius 3 is 2.20 bits per heavy atom. The Balaban J connectivity index is 3.08. The topological polar surface area (TPSA) is 46.3 Å². The van der Waals surface area contributed by atoms with Crippen LogP contribution in [0.4, 0.5) is 18.9 Å². The molecule has 0 radical (unpaired) electrons. The SMILES string of the molecule is NCC(=O)N(c1ccccc1)C(F)(F)F. The number of nitrogens with two attached hydrogens (primary N) is 1. The zero-order chi connectivity index (χ0) is 11.5. The number of benzene rings is 1. The van der Waals surface area contributed by atoms with E-state index in [1.807, 2.05) is 0 Å². The van der Waals surface area contributed by atoms with E-state index in [9.17, 15) is 18.0 Å². The zero-order valence-electron chi connectivity index (χ0n) is 7.66. The molecule has 0 unspecified atom stereocenters. The van der Waals surface area contributed by atoms with E-state index in [0.29, 0.717) is 0 Å². The Kier molecular flexibility index (Phi) is 3.31. The van der Waals surface area contributed by atoms with E-state index in [1.54, 1.807) is 6.07 Å². The van der Waals surface area contributed by atoms with E-state index in [4.69, 9.17) is 5.73 Å². The number of para-hydroxylation sites is 1. The van der Waals surface area contributed by atoms with Crippen LogP contribution < -0.4 is 10.6 Å². The van der Waals surface area contributed by atoms with Crippen molar-refractivity contribution in [1.29, 1.82) is 0 Å². The highest BCUT2D eigenvalue weighted by Gasteiger charge is 2.41. The number of alkyl halides is 3. The number of hydrogen-bond donors (Lipinski definition) is 1. The molecule has 0 aliphatic rings. The van der Waals surface area contributed by atoms with Crippen molar-refractivity contribution >= 4 is 11.6 Å². The van der Waals surface area contributed by atoms with Gasteiger partial charge in [-0.1, -0.05) is 18.2 Å². The quantitative estimate of drug-likeness (QED) is 0.764. The van der Waals surface area contributed by atoms with E-state index < -0.39 is 18.8 Å². The molecule has 0 saturated carbocycles. The van der Waals surface area contributed by atoms with Crippen LogP contribution in [0.2, 0.25) is 0 Å². The van der Waals surface area contributed by atoms with Crippen LogP contribution in [0, 0.1) is 0 Å². The van der Waals surface area contributed by atoms with Gasteiger partial charge in [-0.25, -0.2) is 4.90 Å². The molecule has 82 valence electrons. The Hall–Kier alpha value is -1.56. The van der Waals surface area contributed by atoms with Crippen molar-refractivity contribution < 1.29 is 18.0 Å². The first-order valence-electron chi connectivity index (χ1n) is 4.11. The first-order chi connectivity index (χ1) is 6.96. The number of carbonyl (C=O) groups excluding carboxylic acids is 1. The van der Waals surface area contributed by atoms with Gasteiger partial charge in [0.25, 0.3) is 0 Å². The summed E-state index contributed by atoms with van der Waals surface area (Å²) in [4.78, 5) is 10.8. The highest BCUT2D eigenvalue weighted by molar-refractivity contribution is 5.95. The molecule has 1 rings (SSSR count). The molecule has 2 N–H and O–H groups in total. The van der Waals surface area contributed by atoms with Crippen LogP contribution in [0.15, 0.2) is 30.3 Å². The van der Waals surface area contributed by atoms with Gasteiger partial charge < -0.3 is 5.73 Å². The molecular weight excluding hydrogens is 209 g/mol. The fourth-order valence-corrected chi connectivity index (χ4v) is 1.10.